The molecule has 0 saturated carbocycles. The number of nitrogens with two attached hydrogens (primary N) is 1. The molecule has 1 rings (SSSR count). The van der Waals surface area contributed by atoms with Crippen LogP contribution in [0.4, 0.5) is 4.39 Å². The van der Waals surface area contributed by atoms with E-state index in [1.54, 1.807) is 12.1 Å². The molecule has 1 aromatic rings. The highest BCUT2D eigenvalue weighted by Gasteiger charge is 2.34. The van der Waals surface area contributed by atoms with Crippen LogP contribution in [0.3, 0.4) is 0 Å². The van der Waals surface area contributed by atoms with Crippen LogP contribution in [0.25, 0.3) is 0 Å². The highest BCUT2D eigenvalue weighted by Crippen LogP contribution is 2.29. The first kappa shape index (κ1) is 14.1. The second-order valence-electron chi connectivity index (χ2n) is 5.03. The van der Waals surface area contributed by atoms with Gasteiger partial charge < -0.3 is 10.6 Å². The molecule has 0 aliphatic heterocycles. The Hall–Kier alpha value is -0.930. The van der Waals surface area contributed by atoms with Crippen LogP contribution >= 0.6 is 0 Å². The van der Waals surface area contributed by atoms with E-state index in [1.165, 1.54) is 6.07 Å². The molecule has 2 unspecified atom stereocenters. The van der Waals surface area contributed by atoms with Crippen LogP contribution in [0, 0.1) is 5.82 Å². The molecular formula is C14H23FN2. The summed E-state index contributed by atoms with van der Waals surface area (Å²) in [7, 11) is 3.98. The van der Waals surface area contributed by atoms with Crippen LogP contribution in [0.2, 0.25) is 0 Å². The van der Waals surface area contributed by atoms with Crippen molar-refractivity contribution in [2.24, 2.45) is 5.73 Å². The van der Waals surface area contributed by atoms with Crippen molar-refractivity contribution in [3.05, 3.63) is 35.6 Å². The summed E-state index contributed by atoms with van der Waals surface area (Å²) in [5.74, 6) is -0.222. The number of nitrogens with zero attached hydrogens (tertiary/aromatic N) is 1. The lowest BCUT2D eigenvalue weighted by atomic mass is 9.82. The van der Waals surface area contributed by atoms with Crippen LogP contribution in [-0.2, 0) is 5.54 Å². The fourth-order valence-electron chi connectivity index (χ4n) is 2.45. The Balaban J connectivity index is 3.11. The molecule has 0 bridgehead atoms. The maximum atomic E-state index is 13.9. The zero-order chi connectivity index (χ0) is 13.1. The molecule has 17 heavy (non-hydrogen) atoms. The van der Waals surface area contributed by atoms with Gasteiger partial charge >= 0.3 is 0 Å². The maximum absolute atomic E-state index is 13.9. The smallest absolute Gasteiger partial charge is 0.128 e. The topological polar surface area (TPSA) is 29.3 Å². The number of benzene rings is 1. The highest BCUT2D eigenvalue weighted by molar-refractivity contribution is 5.27. The minimum absolute atomic E-state index is 0.129. The van der Waals surface area contributed by atoms with E-state index in [-0.39, 0.29) is 11.9 Å². The lowest BCUT2D eigenvalue weighted by molar-refractivity contribution is 0.173. The molecule has 96 valence electrons. The van der Waals surface area contributed by atoms with Gasteiger partial charge in [0.15, 0.2) is 0 Å². The van der Waals surface area contributed by atoms with E-state index in [9.17, 15) is 4.39 Å². The Bertz CT molecular complexity index is 361. The van der Waals surface area contributed by atoms with E-state index >= 15 is 0 Å². The van der Waals surface area contributed by atoms with Gasteiger partial charge in [0.05, 0.1) is 5.54 Å². The summed E-state index contributed by atoms with van der Waals surface area (Å²) in [6, 6.07) is 6.91. The molecule has 0 aliphatic rings. The molecule has 2 atom stereocenters. The van der Waals surface area contributed by atoms with Crippen LogP contribution in [0.1, 0.15) is 32.3 Å². The van der Waals surface area contributed by atoms with E-state index in [4.69, 9.17) is 5.73 Å². The first-order valence-corrected chi connectivity index (χ1v) is 6.11. The number of halogens is 1. The van der Waals surface area contributed by atoms with Crippen LogP contribution in [0.5, 0.6) is 0 Å². The average molecular weight is 238 g/mol. The quantitative estimate of drug-likeness (QED) is 0.854. The van der Waals surface area contributed by atoms with Crippen molar-refractivity contribution in [2.45, 2.75) is 38.3 Å². The molecule has 0 aliphatic carbocycles. The molecule has 0 amide bonds. The van der Waals surface area contributed by atoms with Gasteiger partial charge in [0, 0.05) is 11.6 Å². The van der Waals surface area contributed by atoms with E-state index < -0.39 is 5.54 Å². The summed E-state index contributed by atoms with van der Waals surface area (Å²) >= 11 is 0. The third kappa shape index (κ3) is 3.05. The standard InChI is InChI=1S/C14H23FN2/c1-5-8-13(17(3)4)14(2,16)11-9-6-7-10-12(11)15/h6-7,9-10,13H,5,8,16H2,1-4H3. The summed E-state index contributed by atoms with van der Waals surface area (Å²) in [5.41, 5.74) is 6.30. The molecule has 2 nitrogen and oxygen atoms in total. The SMILES string of the molecule is CCCC(N(C)C)C(C)(N)c1ccccc1F. The summed E-state index contributed by atoms with van der Waals surface area (Å²) in [4.78, 5) is 2.08. The Kier molecular flexibility index (Phi) is 4.66. The fourth-order valence-corrected chi connectivity index (χ4v) is 2.45. The van der Waals surface area contributed by atoms with Crippen molar-refractivity contribution in [2.75, 3.05) is 14.1 Å². The van der Waals surface area contributed by atoms with Gasteiger partial charge in [-0.25, -0.2) is 4.39 Å². The second kappa shape index (κ2) is 5.61. The molecule has 3 heteroatoms. The molecule has 0 spiro atoms. The van der Waals surface area contributed by atoms with E-state index in [1.807, 2.05) is 27.1 Å². The summed E-state index contributed by atoms with van der Waals surface area (Å²) in [6.07, 6.45) is 1.98. The molecule has 0 saturated heterocycles. The Morgan fingerprint density at radius 1 is 1.35 bits per heavy atom. The highest BCUT2D eigenvalue weighted by atomic mass is 19.1. The van der Waals surface area contributed by atoms with Gasteiger partial charge in [0.1, 0.15) is 5.82 Å². The molecule has 0 fully saturated rings. The van der Waals surface area contributed by atoms with Crippen LogP contribution in [-0.4, -0.2) is 25.0 Å². The van der Waals surface area contributed by atoms with Crippen molar-refractivity contribution in [1.29, 1.82) is 0 Å². The van der Waals surface area contributed by atoms with Crippen molar-refractivity contribution in [3.63, 3.8) is 0 Å². The third-order valence-electron chi connectivity index (χ3n) is 3.33. The number of hydrogen-bond acceptors (Lipinski definition) is 2. The largest absolute Gasteiger partial charge is 0.320 e. The van der Waals surface area contributed by atoms with Crippen LogP contribution < -0.4 is 5.73 Å². The minimum Gasteiger partial charge on any atom is -0.320 e. The van der Waals surface area contributed by atoms with Crippen molar-refractivity contribution < 1.29 is 4.39 Å². The van der Waals surface area contributed by atoms with Crippen molar-refractivity contribution >= 4 is 0 Å². The van der Waals surface area contributed by atoms with E-state index in [0.29, 0.717) is 5.56 Å². The average Bonchev–Trinajstić information content (AvgIpc) is 2.25. The van der Waals surface area contributed by atoms with Gasteiger partial charge in [-0.2, -0.15) is 0 Å². The zero-order valence-electron chi connectivity index (χ0n) is 11.2. The predicted octanol–water partition coefficient (Wildman–Crippen LogP) is 2.73. The van der Waals surface area contributed by atoms with Crippen LogP contribution in [0.15, 0.2) is 24.3 Å². The minimum atomic E-state index is -0.676. The number of likely N-dealkylation sites (N-methyl/N-ethyl adjacent to an activating group) is 1. The van der Waals surface area contributed by atoms with Gasteiger partial charge in [0.2, 0.25) is 0 Å². The molecular weight excluding hydrogens is 215 g/mol. The summed E-state index contributed by atoms with van der Waals surface area (Å²) in [6.45, 7) is 4.03. The van der Waals surface area contributed by atoms with Gasteiger partial charge in [-0.05, 0) is 33.5 Å². The normalized spacial score (nSPS) is 16.9. The number of rotatable bonds is 5. The maximum Gasteiger partial charge on any atom is 0.128 e. The second-order valence-corrected chi connectivity index (χ2v) is 5.03. The molecule has 0 aromatic heterocycles. The van der Waals surface area contributed by atoms with Crippen molar-refractivity contribution in [3.8, 4) is 0 Å². The Morgan fingerprint density at radius 2 is 1.94 bits per heavy atom. The number of hydrogen-bond donors (Lipinski definition) is 1. The van der Waals surface area contributed by atoms with E-state index in [2.05, 4.69) is 11.8 Å². The molecule has 0 radical (unpaired) electrons. The monoisotopic (exact) mass is 238 g/mol. The van der Waals surface area contributed by atoms with Gasteiger partial charge in [-0.3, -0.25) is 0 Å². The van der Waals surface area contributed by atoms with Crippen molar-refractivity contribution in [1.82, 2.24) is 4.90 Å². The Labute approximate surface area is 104 Å². The first-order valence-electron chi connectivity index (χ1n) is 6.11. The lowest BCUT2D eigenvalue weighted by Crippen LogP contribution is -2.52. The molecule has 2 N–H and O–H groups in total. The third-order valence-corrected chi connectivity index (χ3v) is 3.33. The predicted molar refractivity (Wildman–Crippen MR) is 70.3 cm³/mol. The lowest BCUT2D eigenvalue weighted by Gasteiger charge is -2.39. The first-order chi connectivity index (χ1) is 7.91. The van der Waals surface area contributed by atoms with Gasteiger partial charge in [-0.15, -0.1) is 0 Å². The van der Waals surface area contributed by atoms with Gasteiger partial charge in [-0.1, -0.05) is 31.5 Å². The molecule has 1 aromatic carbocycles. The summed E-state index contributed by atoms with van der Waals surface area (Å²) < 4.78 is 13.9. The zero-order valence-corrected chi connectivity index (χ0v) is 11.2. The summed E-state index contributed by atoms with van der Waals surface area (Å²) in [5, 5.41) is 0. The van der Waals surface area contributed by atoms with Gasteiger partial charge in [0.25, 0.3) is 0 Å². The van der Waals surface area contributed by atoms with E-state index in [0.717, 1.165) is 12.8 Å². The molecule has 0 heterocycles. The Morgan fingerprint density at radius 3 is 2.41 bits per heavy atom. The fraction of sp³-hybridized carbons (Fsp3) is 0.571.